The Labute approximate surface area is 127 Å². The highest BCUT2D eigenvalue weighted by Crippen LogP contribution is 2.20. The third kappa shape index (κ3) is 3.23. The normalized spacial score (nSPS) is 10.9. The van der Waals surface area contributed by atoms with Crippen LogP contribution in [0.1, 0.15) is 60.1 Å². The molecule has 1 heterocycles. The van der Waals surface area contributed by atoms with Crippen LogP contribution in [0.3, 0.4) is 0 Å². The highest BCUT2D eigenvalue weighted by Gasteiger charge is 2.20. The summed E-state index contributed by atoms with van der Waals surface area (Å²) in [5.74, 6) is 0.208. The molecule has 1 aromatic heterocycles. The molecule has 0 atom stereocenters. The molecule has 112 valence electrons. The number of nitrogens with zero attached hydrogens (tertiary/aromatic N) is 2. The lowest BCUT2D eigenvalue weighted by Crippen LogP contribution is -2.08. The van der Waals surface area contributed by atoms with Gasteiger partial charge in [0.05, 0.1) is 17.8 Å². The van der Waals surface area contributed by atoms with E-state index >= 15 is 0 Å². The largest absolute Gasteiger partial charge is 0.294 e. The molecule has 21 heavy (non-hydrogen) atoms. The monoisotopic (exact) mass is 284 g/mol. The van der Waals surface area contributed by atoms with Crippen molar-refractivity contribution in [3.63, 3.8) is 0 Å². The van der Waals surface area contributed by atoms with Crippen LogP contribution < -0.4 is 0 Å². The van der Waals surface area contributed by atoms with Gasteiger partial charge >= 0.3 is 0 Å². The maximum absolute atomic E-state index is 12.2. The summed E-state index contributed by atoms with van der Waals surface area (Å²) in [5, 5.41) is 4.69. The lowest BCUT2D eigenvalue weighted by Gasteiger charge is -2.08. The topological polar surface area (TPSA) is 34.9 Å². The molecule has 0 saturated carbocycles. The second-order valence-corrected chi connectivity index (χ2v) is 5.40. The number of aryl methyl sites for hydroxylation is 2. The number of aromatic nitrogens is 2. The molecule has 0 unspecified atom stereocenters. The summed E-state index contributed by atoms with van der Waals surface area (Å²) in [6.45, 7) is 8.89. The van der Waals surface area contributed by atoms with Gasteiger partial charge in [0, 0.05) is 12.1 Å². The smallest absolute Gasteiger partial charge is 0.166 e. The van der Waals surface area contributed by atoms with Gasteiger partial charge in [-0.15, -0.1) is 0 Å². The third-order valence-electron chi connectivity index (χ3n) is 3.81. The van der Waals surface area contributed by atoms with Crippen LogP contribution in [-0.2, 0) is 19.4 Å². The number of carbonyl (C=O) groups is 1. The molecule has 0 aliphatic carbocycles. The van der Waals surface area contributed by atoms with Gasteiger partial charge in [-0.3, -0.25) is 9.48 Å². The van der Waals surface area contributed by atoms with Crippen LogP contribution in [0.5, 0.6) is 0 Å². The summed E-state index contributed by atoms with van der Waals surface area (Å²) in [6.07, 6.45) is 2.17. The second kappa shape index (κ2) is 6.70. The lowest BCUT2D eigenvalue weighted by molar-refractivity contribution is 0.0986. The van der Waals surface area contributed by atoms with Crippen molar-refractivity contribution >= 4 is 5.78 Å². The maximum atomic E-state index is 12.2. The standard InChI is InChI=1S/C18H24N2O/c1-5-15-18(17(21)7-3)16(6-2)20(19-15)12-14-10-8-9-13(4)11-14/h8-11H,5-7,12H2,1-4H3. The summed E-state index contributed by atoms with van der Waals surface area (Å²) < 4.78 is 2.01. The number of carbonyl (C=O) groups excluding carboxylic acids is 1. The van der Waals surface area contributed by atoms with E-state index in [1.165, 1.54) is 11.1 Å². The van der Waals surface area contributed by atoms with E-state index < -0.39 is 0 Å². The van der Waals surface area contributed by atoms with E-state index in [1.807, 2.05) is 11.6 Å². The average Bonchev–Trinajstić information content (AvgIpc) is 2.83. The van der Waals surface area contributed by atoms with E-state index in [4.69, 9.17) is 0 Å². The van der Waals surface area contributed by atoms with E-state index in [1.54, 1.807) is 0 Å². The summed E-state index contributed by atoms with van der Waals surface area (Å²) in [7, 11) is 0. The fourth-order valence-corrected chi connectivity index (χ4v) is 2.77. The summed E-state index contributed by atoms with van der Waals surface area (Å²) in [6, 6.07) is 8.45. The Kier molecular flexibility index (Phi) is 4.94. The van der Waals surface area contributed by atoms with E-state index in [2.05, 4.69) is 50.1 Å². The predicted molar refractivity (Wildman–Crippen MR) is 85.9 cm³/mol. The molecule has 2 rings (SSSR count). The number of benzene rings is 1. The summed E-state index contributed by atoms with van der Waals surface area (Å²) >= 11 is 0. The van der Waals surface area contributed by atoms with Crippen LogP contribution in [0.4, 0.5) is 0 Å². The first-order chi connectivity index (χ1) is 10.1. The Morgan fingerprint density at radius 3 is 2.52 bits per heavy atom. The zero-order chi connectivity index (χ0) is 15.4. The molecule has 0 aliphatic heterocycles. The van der Waals surface area contributed by atoms with E-state index in [0.717, 1.165) is 36.3 Å². The van der Waals surface area contributed by atoms with Gasteiger partial charge in [0.1, 0.15) is 0 Å². The average molecular weight is 284 g/mol. The molecule has 2 aromatic rings. The van der Waals surface area contributed by atoms with Crippen molar-refractivity contribution in [2.75, 3.05) is 0 Å². The molecule has 0 aliphatic rings. The molecule has 0 amide bonds. The van der Waals surface area contributed by atoms with E-state index in [0.29, 0.717) is 6.42 Å². The number of rotatable bonds is 6. The Hall–Kier alpha value is -1.90. The fraction of sp³-hybridized carbons (Fsp3) is 0.444. The zero-order valence-electron chi connectivity index (χ0n) is 13.4. The van der Waals surface area contributed by atoms with Gasteiger partial charge in [-0.25, -0.2) is 0 Å². The van der Waals surface area contributed by atoms with Crippen molar-refractivity contribution in [1.82, 2.24) is 9.78 Å². The summed E-state index contributed by atoms with van der Waals surface area (Å²) in [4.78, 5) is 12.2. The molecule has 0 spiro atoms. The van der Waals surface area contributed by atoms with Crippen LogP contribution in [0, 0.1) is 6.92 Å². The van der Waals surface area contributed by atoms with Crippen molar-refractivity contribution in [2.24, 2.45) is 0 Å². The molecule has 0 saturated heterocycles. The Morgan fingerprint density at radius 1 is 1.19 bits per heavy atom. The SMILES string of the molecule is CCC(=O)c1c(CC)nn(Cc2cccc(C)c2)c1CC. The quantitative estimate of drug-likeness (QED) is 0.753. The fourth-order valence-electron chi connectivity index (χ4n) is 2.77. The minimum Gasteiger partial charge on any atom is -0.294 e. The van der Waals surface area contributed by atoms with E-state index in [-0.39, 0.29) is 5.78 Å². The van der Waals surface area contributed by atoms with Crippen LogP contribution >= 0.6 is 0 Å². The van der Waals surface area contributed by atoms with Crippen molar-refractivity contribution in [3.8, 4) is 0 Å². The Bertz CT molecular complexity index is 641. The molecule has 1 aromatic carbocycles. The molecule has 0 N–H and O–H groups in total. The van der Waals surface area contributed by atoms with Crippen molar-refractivity contribution in [3.05, 3.63) is 52.3 Å². The number of Topliss-reactive ketones (excluding diaryl/α,β-unsaturated/α-hetero) is 1. The Balaban J connectivity index is 2.44. The van der Waals surface area contributed by atoms with Crippen LogP contribution in [0.25, 0.3) is 0 Å². The molecule has 0 fully saturated rings. The zero-order valence-corrected chi connectivity index (χ0v) is 13.4. The molecular formula is C18H24N2O. The minimum absolute atomic E-state index is 0.208. The molecule has 0 radical (unpaired) electrons. The van der Waals surface area contributed by atoms with Crippen LogP contribution in [0.15, 0.2) is 24.3 Å². The summed E-state index contributed by atoms with van der Waals surface area (Å²) in [5.41, 5.74) is 5.34. The highest BCUT2D eigenvalue weighted by atomic mass is 16.1. The molecular weight excluding hydrogens is 260 g/mol. The first-order valence-corrected chi connectivity index (χ1v) is 7.77. The van der Waals surface area contributed by atoms with Gasteiger partial charge in [0.15, 0.2) is 5.78 Å². The van der Waals surface area contributed by atoms with Crippen LogP contribution in [-0.4, -0.2) is 15.6 Å². The minimum atomic E-state index is 0.208. The van der Waals surface area contributed by atoms with Gasteiger partial charge in [0.2, 0.25) is 0 Å². The molecule has 3 heteroatoms. The molecule has 3 nitrogen and oxygen atoms in total. The third-order valence-corrected chi connectivity index (χ3v) is 3.81. The Morgan fingerprint density at radius 2 is 1.95 bits per heavy atom. The number of hydrogen-bond donors (Lipinski definition) is 0. The number of ketones is 1. The maximum Gasteiger partial charge on any atom is 0.166 e. The van der Waals surface area contributed by atoms with Gasteiger partial charge in [-0.2, -0.15) is 5.10 Å². The highest BCUT2D eigenvalue weighted by molar-refractivity contribution is 5.98. The van der Waals surface area contributed by atoms with Gasteiger partial charge in [-0.05, 0) is 25.3 Å². The predicted octanol–water partition coefficient (Wildman–Crippen LogP) is 3.96. The first-order valence-electron chi connectivity index (χ1n) is 7.77. The van der Waals surface area contributed by atoms with Gasteiger partial charge in [-0.1, -0.05) is 50.6 Å². The lowest BCUT2D eigenvalue weighted by atomic mass is 10.0. The van der Waals surface area contributed by atoms with E-state index in [9.17, 15) is 4.79 Å². The van der Waals surface area contributed by atoms with Gasteiger partial charge in [0.25, 0.3) is 0 Å². The number of hydrogen-bond acceptors (Lipinski definition) is 2. The van der Waals surface area contributed by atoms with Gasteiger partial charge < -0.3 is 0 Å². The van der Waals surface area contributed by atoms with Crippen LogP contribution in [0.2, 0.25) is 0 Å². The van der Waals surface area contributed by atoms with Crippen molar-refractivity contribution < 1.29 is 4.79 Å². The van der Waals surface area contributed by atoms with Crippen molar-refractivity contribution in [2.45, 2.75) is 53.5 Å². The first kappa shape index (κ1) is 15.5. The second-order valence-electron chi connectivity index (χ2n) is 5.40. The van der Waals surface area contributed by atoms with Crippen molar-refractivity contribution in [1.29, 1.82) is 0 Å². The molecule has 0 bridgehead atoms.